The molecule has 2 rings (SSSR count). The van der Waals surface area contributed by atoms with Gasteiger partial charge in [0.25, 0.3) is 10.0 Å². The average Bonchev–Trinajstić information content (AvgIpc) is 2.43. The van der Waals surface area contributed by atoms with Gasteiger partial charge in [-0.3, -0.25) is 4.72 Å². The zero-order valence-electron chi connectivity index (χ0n) is 12.2. The van der Waals surface area contributed by atoms with Gasteiger partial charge in [-0.15, -0.1) is 0 Å². The summed E-state index contributed by atoms with van der Waals surface area (Å²) in [5.41, 5.74) is 1.82. The van der Waals surface area contributed by atoms with E-state index in [1.54, 1.807) is 31.2 Å². The van der Waals surface area contributed by atoms with Crippen LogP contribution < -0.4 is 4.72 Å². The van der Waals surface area contributed by atoms with Crippen molar-refractivity contribution in [1.29, 1.82) is 0 Å². The lowest BCUT2D eigenvalue weighted by Crippen LogP contribution is -2.13. The molecule has 112 valence electrons. The molecule has 0 aromatic heterocycles. The summed E-state index contributed by atoms with van der Waals surface area (Å²) in [6.45, 7) is 5.68. The number of sulfonamides is 1. The maximum absolute atomic E-state index is 13.2. The van der Waals surface area contributed by atoms with E-state index < -0.39 is 10.0 Å². The Balaban J connectivity index is 2.27. The van der Waals surface area contributed by atoms with E-state index in [0.717, 1.165) is 5.56 Å². The third kappa shape index (κ3) is 3.61. The number of aryl methyl sites for hydroxylation is 1. The van der Waals surface area contributed by atoms with Gasteiger partial charge >= 0.3 is 0 Å². The standard InChI is InChI=1S/C16H18FNO2S/c1-11(2)13-4-7-15(8-5-13)21(19,20)18-14-6-9-16(17)12(3)10-14/h4-11,18H,1-3H3. The number of benzene rings is 2. The first kappa shape index (κ1) is 15.5. The summed E-state index contributed by atoms with van der Waals surface area (Å²) in [5.74, 6) is -0.0197. The van der Waals surface area contributed by atoms with Crippen molar-refractivity contribution in [3.05, 3.63) is 59.4 Å². The quantitative estimate of drug-likeness (QED) is 0.926. The van der Waals surface area contributed by atoms with Crippen LogP contribution in [0.15, 0.2) is 47.4 Å². The first-order chi connectivity index (χ1) is 9.79. The van der Waals surface area contributed by atoms with Gasteiger partial charge in [0, 0.05) is 5.69 Å². The largest absolute Gasteiger partial charge is 0.280 e. The maximum Gasteiger partial charge on any atom is 0.261 e. The lowest BCUT2D eigenvalue weighted by molar-refractivity contribution is 0.600. The molecule has 2 aromatic rings. The molecule has 2 aromatic carbocycles. The van der Waals surface area contributed by atoms with Crippen molar-refractivity contribution >= 4 is 15.7 Å². The van der Waals surface area contributed by atoms with Crippen molar-refractivity contribution in [2.24, 2.45) is 0 Å². The van der Waals surface area contributed by atoms with Gasteiger partial charge in [-0.05, 0) is 54.3 Å². The lowest BCUT2D eigenvalue weighted by Gasteiger charge is -2.10. The molecule has 0 aliphatic carbocycles. The number of anilines is 1. The Morgan fingerprint density at radius 1 is 1.05 bits per heavy atom. The molecule has 0 radical (unpaired) electrons. The molecular formula is C16H18FNO2S. The van der Waals surface area contributed by atoms with E-state index in [1.807, 2.05) is 13.8 Å². The molecule has 0 atom stereocenters. The van der Waals surface area contributed by atoms with Crippen LogP contribution in [0, 0.1) is 12.7 Å². The molecule has 1 N–H and O–H groups in total. The highest BCUT2D eigenvalue weighted by molar-refractivity contribution is 7.92. The van der Waals surface area contributed by atoms with Crippen LogP contribution in [0.1, 0.15) is 30.9 Å². The van der Waals surface area contributed by atoms with Gasteiger partial charge in [0.05, 0.1) is 4.90 Å². The van der Waals surface area contributed by atoms with E-state index in [1.165, 1.54) is 18.2 Å². The highest BCUT2D eigenvalue weighted by Crippen LogP contribution is 2.21. The van der Waals surface area contributed by atoms with Gasteiger partial charge in [-0.2, -0.15) is 0 Å². The second kappa shape index (κ2) is 5.85. The van der Waals surface area contributed by atoms with Gasteiger partial charge in [0.15, 0.2) is 0 Å². The van der Waals surface area contributed by atoms with E-state index in [9.17, 15) is 12.8 Å². The zero-order chi connectivity index (χ0) is 15.6. The minimum Gasteiger partial charge on any atom is -0.280 e. The third-order valence-electron chi connectivity index (χ3n) is 3.27. The van der Waals surface area contributed by atoms with Gasteiger partial charge < -0.3 is 0 Å². The fourth-order valence-corrected chi connectivity index (χ4v) is 3.00. The Morgan fingerprint density at radius 3 is 2.19 bits per heavy atom. The SMILES string of the molecule is Cc1cc(NS(=O)(=O)c2ccc(C(C)C)cc2)ccc1F. The second-order valence-corrected chi connectivity index (χ2v) is 6.98. The fraction of sp³-hybridized carbons (Fsp3) is 0.250. The van der Waals surface area contributed by atoms with Crippen LogP contribution in [0.5, 0.6) is 0 Å². The molecule has 21 heavy (non-hydrogen) atoms. The molecule has 0 saturated carbocycles. The monoisotopic (exact) mass is 307 g/mol. The van der Waals surface area contributed by atoms with E-state index in [4.69, 9.17) is 0 Å². The van der Waals surface area contributed by atoms with Crippen LogP contribution in [0.2, 0.25) is 0 Å². The number of nitrogens with one attached hydrogen (secondary N) is 1. The summed E-state index contributed by atoms with van der Waals surface area (Å²) in [7, 11) is -3.66. The van der Waals surface area contributed by atoms with Crippen LogP contribution in [0.25, 0.3) is 0 Å². The average molecular weight is 307 g/mol. The molecule has 0 saturated heterocycles. The van der Waals surface area contributed by atoms with Crippen molar-refractivity contribution in [2.45, 2.75) is 31.6 Å². The molecular weight excluding hydrogens is 289 g/mol. The molecule has 0 aliphatic heterocycles. The predicted octanol–water partition coefficient (Wildman–Crippen LogP) is 4.06. The molecule has 0 unspecified atom stereocenters. The van der Waals surface area contributed by atoms with Crippen LogP contribution in [-0.2, 0) is 10.0 Å². The highest BCUT2D eigenvalue weighted by atomic mass is 32.2. The molecule has 0 aliphatic rings. The van der Waals surface area contributed by atoms with Crippen molar-refractivity contribution < 1.29 is 12.8 Å². The summed E-state index contributed by atoms with van der Waals surface area (Å²) in [6, 6.07) is 10.9. The Hall–Kier alpha value is -1.88. The third-order valence-corrected chi connectivity index (χ3v) is 4.66. The normalized spacial score (nSPS) is 11.7. The van der Waals surface area contributed by atoms with Gasteiger partial charge in [0.2, 0.25) is 0 Å². The van der Waals surface area contributed by atoms with E-state index >= 15 is 0 Å². The Bertz CT molecular complexity index is 737. The summed E-state index contributed by atoms with van der Waals surface area (Å²) in [5, 5.41) is 0. The summed E-state index contributed by atoms with van der Waals surface area (Å²) in [6.07, 6.45) is 0. The lowest BCUT2D eigenvalue weighted by atomic mass is 10.0. The van der Waals surface area contributed by atoms with E-state index in [-0.39, 0.29) is 10.7 Å². The molecule has 0 bridgehead atoms. The van der Waals surface area contributed by atoms with Gasteiger partial charge in [-0.25, -0.2) is 12.8 Å². The van der Waals surface area contributed by atoms with Crippen LogP contribution in [0.3, 0.4) is 0 Å². The smallest absolute Gasteiger partial charge is 0.261 e. The molecule has 3 nitrogen and oxygen atoms in total. The minimum absolute atomic E-state index is 0.189. The molecule has 0 spiro atoms. The Labute approximate surface area is 124 Å². The van der Waals surface area contributed by atoms with E-state index in [0.29, 0.717) is 17.2 Å². The fourth-order valence-electron chi connectivity index (χ4n) is 1.95. The summed E-state index contributed by atoms with van der Waals surface area (Å²) < 4.78 is 40.2. The number of hydrogen-bond donors (Lipinski definition) is 1. The van der Waals surface area contributed by atoms with Crippen LogP contribution in [-0.4, -0.2) is 8.42 Å². The molecule has 5 heteroatoms. The van der Waals surface area contributed by atoms with E-state index in [2.05, 4.69) is 4.72 Å². The van der Waals surface area contributed by atoms with Gasteiger partial charge in [-0.1, -0.05) is 26.0 Å². The molecule has 0 fully saturated rings. The van der Waals surface area contributed by atoms with Crippen molar-refractivity contribution in [2.75, 3.05) is 4.72 Å². The summed E-state index contributed by atoms with van der Waals surface area (Å²) >= 11 is 0. The molecule has 0 amide bonds. The van der Waals surface area contributed by atoms with Crippen molar-refractivity contribution in [3.8, 4) is 0 Å². The predicted molar refractivity (Wildman–Crippen MR) is 82.5 cm³/mol. The Morgan fingerprint density at radius 2 is 1.67 bits per heavy atom. The molecule has 0 heterocycles. The first-order valence-electron chi connectivity index (χ1n) is 6.68. The number of rotatable bonds is 4. The van der Waals surface area contributed by atoms with Gasteiger partial charge in [0.1, 0.15) is 5.82 Å². The number of hydrogen-bond acceptors (Lipinski definition) is 2. The topological polar surface area (TPSA) is 46.2 Å². The summed E-state index contributed by atoms with van der Waals surface area (Å²) in [4.78, 5) is 0.189. The second-order valence-electron chi connectivity index (χ2n) is 5.29. The first-order valence-corrected chi connectivity index (χ1v) is 8.17. The minimum atomic E-state index is -3.66. The van der Waals surface area contributed by atoms with Crippen LogP contribution >= 0.6 is 0 Å². The van der Waals surface area contributed by atoms with Crippen LogP contribution in [0.4, 0.5) is 10.1 Å². The van der Waals surface area contributed by atoms with Crippen molar-refractivity contribution in [3.63, 3.8) is 0 Å². The van der Waals surface area contributed by atoms with Crippen molar-refractivity contribution in [1.82, 2.24) is 0 Å². The maximum atomic E-state index is 13.2. The highest BCUT2D eigenvalue weighted by Gasteiger charge is 2.15. The zero-order valence-corrected chi connectivity index (χ0v) is 13.0. The Kier molecular flexibility index (Phi) is 4.32. The number of halogens is 1.